The molecule has 0 aliphatic rings. The van der Waals surface area contributed by atoms with Gasteiger partial charge in [0.1, 0.15) is 5.76 Å². The molecule has 0 spiro atoms. The molecule has 7 nitrogen and oxygen atoms in total. The van der Waals surface area contributed by atoms with Gasteiger partial charge in [0.25, 0.3) is 5.91 Å². The lowest BCUT2D eigenvalue weighted by Gasteiger charge is -2.03. The van der Waals surface area contributed by atoms with Gasteiger partial charge < -0.3 is 10.2 Å². The van der Waals surface area contributed by atoms with Crippen LogP contribution in [0.25, 0.3) is 0 Å². The molecule has 1 aromatic heterocycles. The lowest BCUT2D eigenvalue weighted by Crippen LogP contribution is -2.22. The van der Waals surface area contributed by atoms with Gasteiger partial charge in [-0.25, -0.2) is 9.88 Å². The van der Waals surface area contributed by atoms with Crippen molar-refractivity contribution in [3.63, 3.8) is 0 Å². The van der Waals surface area contributed by atoms with Gasteiger partial charge >= 0.3 is 0 Å². The maximum Gasteiger partial charge on any atom is 0.288 e. The molecule has 0 saturated carbocycles. The molecule has 0 bridgehead atoms. The van der Waals surface area contributed by atoms with E-state index in [0.29, 0.717) is 5.76 Å². The molecule has 2 amide bonds. The lowest BCUT2D eigenvalue weighted by atomic mass is 10.3. The Morgan fingerprint density at radius 1 is 1.59 bits per heavy atom. The van der Waals surface area contributed by atoms with Crippen molar-refractivity contribution >= 4 is 11.8 Å². The average Bonchev–Trinajstić information content (AvgIpc) is 2.66. The average molecular weight is 236 g/mol. The summed E-state index contributed by atoms with van der Waals surface area (Å²) >= 11 is 0. The molecule has 1 heterocycles. The van der Waals surface area contributed by atoms with Crippen LogP contribution in [0.4, 0.5) is 0 Å². The lowest BCUT2D eigenvalue weighted by molar-refractivity contribution is -0.118. The van der Waals surface area contributed by atoms with Gasteiger partial charge in [-0.15, -0.1) is 0 Å². The highest BCUT2D eigenvalue weighted by Gasteiger charge is 2.20. The van der Waals surface area contributed by atoms with Crippen LogP contribution < -0.4 is 5.73 Å². The van der Waals surface area contributed by atoms with E-state index in [0.717, 1.165) is 4.90 Å². The highest BCUT2D eigenvalue weighted by molar-refractivity contribution is 5.94. The van der Waals surface area contributed by atoms with Crippen molar-refractivity contribution in [3.8, 4) is 6.19 Å². The Hall–Kier alpha value is -2.36. The fourth-order valence-electron chi connectivity index (χ4n) is 1.19. The van der Waals surface area contributed by atoms with Crippen LogP contribution in [0.2, 0.25) is 0 Å². The highest BCUT2D eigenvalue weighted by atomic mass is 16.4. The van der Waals surface area contributed by atoms with E-state index in [9.17, 15) is 9.59 Å². The van der Waals surface area contributed by atoms with Crippen LogP contribution in [0, 0.1) is 18.4 Å². The number of amides is 2. The molecule has 1 aromatic rings. The van der Waals surface area contributed by atoms with Gasteiger partial charge in [-0.3, -0.25) is 9.59 Å². The van der Waals surface area contributed by atoms with E-state index < -0.39 is 11.8 Å². The summed E-state index contributed by atoms with van der Waals surface area (Å²) in [6, 6.07) is 0. The molecule has 0 radical (unpaired) electrons. The predicted molar refractivity (Wildman–Crippen MR) is 56.5 cm³/mol. The minimum absolute atomic E-state index is 0.0773. The fraction of sp³-hybridized carbons (Fsp3) is 0.400. The topological polar surface area (TPSA) is 113 Å². The van der Waals surface area contributed by atoms with Crippen LogP contribution in [0.15, 0.2) is 4.42 Å². The quantitative estimate of drug-likeness (QED) is 0.581. The summed E-state index contributed by atoms with van der Waals surface area (Å²) in [6.45, 7) is 1.57. The molecular formula is C10H12N4O3. The molecule has 0 fully saturated rings. The molecule has 0 aliphatic heterocycles. The molecule has 0 aliphatic carbocycles. The molecule has 7 heteroatoms. The smallest absolute Gasteiger partial charge is 0.288 e. The predicted octanol–water partition coefficient (Wildman–Crippen LogP) is -0.0460. The molecule has 0 saturated heterocycles. The first-order chi connectivity index (χ1) is 7.95. The number of aryl methyl sites for hydroxylation is 2. The summed E-state index contributed by atoms with van der Waals surface area (Å²) in [6.07, 6.45) is 2.01. The van der Waals surface area contributed by atoms with Gasteiger partial charge in [0.05, 0.1) is 0 Å². The van der Waals surface area contributed by atoms with E-state index >= 15 is 0 Å². The molecule has 0 atom stereocenters. The Morgan fingerprint density at radius 3 is 2.76 bits per heavy atom. The number of rotatable bonds is 4. The van der Waals surface area contributed by atoms with Gasteiger partial charge in [-0.2, -0.15) is 5.26 Å². The van der Waals surface area contributed by atoms with Crippen molar-refractivity contribution in [2.24, 2.45) is 5.73 Å². The Morgan fingerprint density at radius 2 is 2.24 bits per heavy atom. The number of hydrogen-bond donors (Lipinski definition) is 1. The number of nitriles is 1. The minimum Gasteiger partial charge on any atom is -0.445 e. The monoisotopic (exact) mass is 236 g/mol. The molecule has 1 rings (SSSR count). The van der Waals surface area contributed by atoms with Crippen molar-refractivity contribution < 1.29 is 14.0 Å². The van der Waals surface area contributed by atoms with Gasteiger partial charge in [-0.1, -0.05) is 0 Å². The van der Waals surface area contributed by atoms with E-state index in [-0.39, 0.29) is 24.4 Å². The van der Waals surface area contributed by atoms with E-state index in [1.54, 1.807) is 13.1 Å². The second-order valence-electron chi connectivity index (χ2n) is 3.44. The third-order valence-corrected chi connectivity index (χ3v) is 2.08. The minimum atomic E-state index is -0.543. The number of oxazole rings is 1. The normalized spacial score (nSPS) is 9.71. The SMILES string of the molecule is Cc1oc(CCC(N)=O)nc1C(=O)N(C)C#N. The Kier molecular flexibility index (Phi) is 3.82. The molecule has 0 unspecified atom stereocenters. The van der Waals surface area contributed by atoms with Gasteiger partial charge in [0, 0.05) is 19.9 Å². The van der Waals surface area contributed by atoms with E-state index in [1.165, 1.54) is 7.05 Å². The summed E-state index contributed by atoms with van der Waals surface area (Å²) in [5.41, 5.74) is 5.07. The number of primary amides is 1. The van der Waals surface area contributed by atoms with Crippen LogP contribution in [-0.2, 0) is 11.2 Å². The number of nitrogens with zero attached hydrogens (tertiary/aromatic N) is 3. The van der Waals surface area contributed by atoms with Crippen molar-refractivity contribution in [2.45, 2.75) is 19.8 Å². The zero-order chi connectivity index (χ0) is 13.0. The number of hydrogen-bond acceptors (Lipinski definition) is 5. The first kappa shape index (κ1) is 12.7. The third kappa shape index (κ3) is 3.04. The first-order valence-corrected chi connectivity index (χ1v) is 4.88. The second-order valence-corrected chi connectivity index (χ2v) is 3.44. The van der Waals surface area contributed by atoms with E-state index in [2.05, 4.69) is 4.98 Å². The third-order valence-electron chi connectivity index (χ3n) is 2.08. The Bertz CT molecular complexity index is 486. The number of carbonyl (C=O) groups is 2. The summed E-state index contributed by atoms with van der Waals surface area (Å²) in [5.74, 6) is -0.436. The summed E-state index contributed by atoms with van der Waals surface area (Å²) in [5, 5.41) is 8.58. The highest BCUT2D eigenvalue weighted by Crippen LogP contribution is 2.13. The van der Waals surface area contributed by atoms with Crippen molar-refractivity contribution in [3.05, 3.63) is 17.3 Å². The summed E-state index contributed by atoms with van der Waals surface area (Å²) in [4.78, 5) is 27.0. The number of nitrogens with two attached hydrogens (primary N) is 1. The van der Waals surface area contributed by atoms with Gasteiger partial charge in [0.2, 0.25) is 5.91 Å². The zero-order valence-electron chi connectivity index (χ0n) is 9.56. The zero-order valence-corrected chi connectivity index (χ0v) is 9.56. The van der Waals surface area contributed by atoms with Crippen LogP contribution in [0.5, 0.6) is 0 Å². The second kappa shape index (κ2) is 5.12. The standard InChI is InChI=1S/C10H12N4O3/c1-6-9(10(16)14(2)5-11)13-8(17-6)4-3-7(12)15/h3-4H2,1-2H3,(H2,12,15). The van der Waals surface area contributed by atoms with Gasteiger partial charge in [0.15, 0.2) is 17.8 Å². The van der Waals surface area contributed by atoms with Gasteiger partial charge in [-0.05, 0) is 6.92 Å². The molecule has 90 valence electrons. The largest absolute Gasteiger partial charge is 0.445 e. The Balaban J connectivity index is 2.86. The van der Waals surface area contributed by atoms with Crippen LogP contribution >= 0.6 is 0 Å². The first-order valence-electron chi connectivity index (χ1n) is 4.88. The molecule has 17 heavy (non-hydrogen) atoms. The van der Waals surface area contributed by atoms with E-state index in [4.69, 9.17) is 15.4 Å². The van der Waals surface area contributed by atoms with E-state index in [1.807, 2.05) is 0 Å². The molecule has 2 N–H and O–H groups in total. The van der Waals surface area contributed by atoms with Crippen LogP contribution in [0.1, 0.15) is 28.6 Å². The summed E-state index contributed by atoms with van der Waals surface area (Å²) in [7, 11) is 1.33. The fourth-order valence-corrected chi connectivity index (χ4v) is 1.19. The molecular weight excluding hydrogens is 224 g/mol. The number of carbonyl (C=O) groups excluding carboxylic acids is 2. The van der Waals surface area contributed by atoms with Crippen molar-refractivity contribution in [1.29, 1.82) is 5.26 Å². The maximum absolute atomic E-state index is 11.6. The number of aromatic nitrogens is 1. The maximum atomic E-state index is 11.6. The van der Waals surface area contributed by atoms with Crippen molar-refractivity contribution in [1.82, 2.24) is 9.88 Å². The van der Waals surface area contributed by atoms with Crippen LogP contribution in [0.3, 0.4) is 0 Å². The Labute approximate surface area is 97.8 Å². The summed E-state index contributed by atoms with van der Waals surface area (Å²) < 4.78 is 5.21. The van der Waals surface area contributed by atoms with Crippen LogP contribution in [-0.4, -0.2) is 28.7 Å². The molecule has 0 aromatic carbocycles. The van der Waals surface area contributed by atoms with Crippen molar-refractivity contribution in [2.75, 3.05) is 7.05 Å².